The molecular formula is C13H24BrN3S. The molecule has 0 aliphatic carbocycles. The minimum absolute atomic E-state index is 0.895. The molecule has 1 aromatic rings. The number of unbranched alkanes of at least 4 members (excludes halogenated alkanes) is 2. The van der Waals surface area contributed by atoms with Crippen molar-refractivity contribution < 1.29 is 0 Å². The topological polar surface area (TPSA) is 29.9 Å². The van der Waals surface area contributed by atoms with Crippen LogP contribution < -0.4 is 5.32 Å². The normalized spacial score (nSPS) is 11.1. The first kappa shape index (κ1) is 16.1. The van der Waals surface area contributed by atoms with E-state index in [0.717, 1.165) is 25.2 Å². The first-order valence-corrected chi connectivity index (χ1v) is 8.79. The molecule has 0 amide bonds. The van der Waals surface area contributed by atoms with Gasteiger partial charge in [0.2, 0.25) is 0 Å². The van der Waals surface area contributed by atoms with Crippen molar-refractivity contribution in [1.82, 2.24) is 15.1 Å². The summed E-state index contributed by atoms with van der Waals surface area (Å²) in [5.41, 5.74) is 2.39. The number of aryl methyl sites for hydroxylation is 2. The van der Waals surface area contributed by atoms with E-state index in [0.29, 0.717) is 0 Å². The molecule has 0 aromatic carbocycles. The number of nitrogens with zero attached hydrogens (tertiary/aromatic N) is 2. The average Bonchev–Trinajstić information content (AvgIpc) is 2.64. The fourth-order valence-corrected chi connectivity index (χ4v) is 3.14. The third kappa shape index (κ3) is 4.94. The summed E-state index contributed by atoms with van der Waals surface area (Å²) in [5, 5.41) is 8.00. The number of aromatic nitrogens is 2. The molecule has 0 radical (unpaired) electrons. The van der Waals surface area contributed by atoms with Crippen LogP contribution in [0.4, 0.5) is 0 Å². The van der Waals surface area contributed by atoms with E-state index in [1.54, 1.807) is 0 Å². The van der Waals surface area contributed by atoms with E-state index >= 15 is 0 Å². The minimum atomic E-state index is 0.895. The first-order valence-electron chi connectivity index (χ1n) is 6.60. The lowest BCUT2D eigenvalue weighted by atomic mass is 10.2. The quantitative estimate of drug-likeness (QED) is 0.702. The van der Waals surface area contributed by atoms with Crippen molar-refractivity contribution in [2.75, 3.05) is 18.6 Å². The Morgan fingerprint density at radius 3 is 2.72 bits per heavy atom. The van der Waals surface area contributed by atoms with Crippen molar-refractivity contribution in [2.24, 2.45) is 7.05 Å². The molecule has 0 saturated carbocycles. The van der Waals surface area contributed by atoms with E-state index in [4.69, 9.17) is 0 Å². The molecule has 1 heterocycles. The van der Waals surface area contributed by atoms with Crippen molar-refractivity contribution in [3.05, 3.63) is 15.9 Å². The van der Waals surface area contributed by atoms with Crippen molar-refractivity contribution in [1.29, 1.82) is 0 Å². The van der Waals surface area contributed by atoms with Gasteiger partial charge in [-0.3, -0.25) is 4.68 Å². The van der Waals surface area contributed by atoms with Gasteiger partial charge < -0.3 is 5.32 Å². The lowest BCUT2D eigenvalue weighted by Gasteiger charge is -2.06. The second kappa shape index (κ2) is 8.99. The van der Waals surface area contributed by atoms with Crippen LogP contribution in [0.15, 0.2) is 4.47 Å². The van der Waals surface area contributed by atoms with Gasteiger partial charge in [0.1, 0.15) is 0 Å². The maximum Gasteiger partial charge on any atom is 0.0767 e. The van der Waals surface area contributed by atoms with E-state index in [1.807, 2.05) is 23.5 Å². The SMILES string of the molecule is CCc1nn(C)c(CNCCCCCSC)c1Br. The van der Waals surface area contributed by atoms with Crippen molar-refractivity contribution in [3.8, 4) is 0 Å². The number of halogens is 1. The van der Waals surface area contributed by atoms with E-state index in [9.17, 15) is 0 Å². The molecule has 0 aliphatic rings. The molecule has 3 nitrogen and oxygen atoms in total. The van der Waals surface area contributed by atoms with Gasteiger partial charge in [0.15, 0.2) is 0 Å². The highest BCUT2D eigenvalue weighted by Crippen LogP contribution is 2.21. The van der Waals surface area contributed by atoms with Gasteiger partial charge in [0.05, 0.1) is 15.9 Å². The number of thioether (sulfide) groups is 1. The largest absolute Gasteiger partial charge is 0.311 e. The third-order valence-electron chi connectivity index (χ3n) is 3.00. The molecule has 0 atom stereocenters. The molecule has 0 bridgehead atoms. The molecule has 0 fully saturated rings. The Balaban J connectivity index is 2.25. The minimum Gasteiger partial charge on any atom is -0.311 e. The van der Waals surface area contributed by atoms with E-state index in [2.05, 4.69) is 39.5 Å². The maximum absolute atomic E-state index is 4.50. The highest BCUT2D eigenvalue weighted by atomic mass is 79.9. The van der Waals surface area contributed by atoms with Gasteiger partial charge in [-0.1, -0.05) is 13.3 Å². The Labute approximate surface area is 123 Å². The molecule has 1 rings (SSSR count). The smallest absolute Gasteiger partial charge is 0.0767 e. The van der Waals surface area contributed by atoms with Crippen LogP contribution in [-0.4, -0.2) is 28.3 Å². The van der Waals surface area contributed by atoms with Gasteiger partial charge in [-0.2, -0.15) is 16.9 Å². The maximum atomic E-state index is 4.50. The molecule has 0 aliphatic heterocycles. The summed E-state index contributed by atoms with van der Waals surface area (Å²) in [6, 6.07) is 0. The van der Waals surface area contributed by atoms with Gasteiger partial charge in [-0.25, -0.2) is 0 Å². The second-order valence-corrected chi connectivity index (χ2v) is 6.19. The van der Waals surface area contributed by atoms with Crippen molar-refractivity contribution >= 4 is 27.7 Å². The molecular weight excluding hydrogens is 310 g/mol. The molecule has 1 N–H and O–H groups in total. The highest BCUT2D eigenvalue weighted by Gasteiger charge is 2.11. The van der Waals surface area contributed by atoms with Gasteiger partial charge in [-0.15, -0.1) is 0 Å². The van der Waals surface area contributed by atoms with Crippen LogP contribution in [0.1, 0.15) is 37.6 Å². The Kier molecular flexibility index (Phi) is 8.02. The summed E-state index contributed by atoms with van der Waals surface area (Å²) in [6.45, 7) is 4.12. The zero-order valence-corrected chi connectivity index (χ0v) is 14.0. The fourth-order valence-electron chi connectivity index (χ4n) is 1.89. The third-order valence-corrected chi connectivity index (χ3v) is 4.61. The Morgan fingerprint density at radius 1 is 1.33 bits per heavy atom. The Bertz CT molecular complexity index is 352. The van der Waals surface area contributed by atoms with Crippen LogP contribution in [0, 0.1) is 0 Å². The monoisotopic (exact) mass is 333 g/mol. The predicted octanol–water partition coefficient (Wildman–Crippen LogP) is 3.37. The van der Waals surface area contributed by atoms with Crippen LogP contribution in [0.3, 0.4) is 0 Å². The van der Waals surface area contributed by atoms with E-state index in [1.165, 1.54) is 35.2 Å². The highest BCUT2D eigenvalue weighted by molar-refractivity contribution is 9.10. The van der Waals surface area contributed by atoms with E-state index in [-0.39, 0.29) is 0 Å². The second-order valence-electron chi connectivity index (χ2n) is 4.41. The van der Waals surface area contributed by atoms with Gasteiger partial charge >= 0.3 is 0 Å². The van der Waals surface area contributed by atoms with Gasteiger partial charge in [-0.05, 0) is 53.7 Å². The lowest BCUT2D eigenvalue weighted by molar-refractivity contribution is 0.588. The molecule has 5 heteroatoms. The van der Waals surface area contributed by atoms with E-state index < -0.39 is 0 Å². The predicted molar refractivity (Wildman–Crippen MR) is 84.2 cm³/mol. The summed E-state index contributed by atoms with van der Waals surface area (Å²) in [5.74, 6) is 1.28. The summed E-state index contributed by atoms with van der Waals surface area (Å²) < 4.78 is 3.14. The molecule has 0 spiro atoms. The summed E-state index contributed by atoms with van der Waals surface area (Å²) in [6.07, 6.45) is 7.06. The zero-order chi connectivity index (χ0) is 13.4. The number of hydrogen-bond donors (Lipinski definition) is 1. The van der Waals surface area contributed by atoms with Crippen LogP contribution in [-0.2, 0) is 20.0 Å². The Morgan fingerprint density at radius 2 is 2.11 bits per heavy atom. The first-order chi connectivity index (χ1) is 8.70. The average molecular weight is 334 g/mol. The zero-order valence-electron chi connectivity index (χ0n) is 11.6. The Hall–Kier alpha value is -0.000000000000000111. The van der Waals surface area contributed by atoms with Crippen molar-refractivity contribution in [2.45, 2.75) is 39.2 Å². The van der Waals surface area contributed by atoms with Gasteiger partial charge in [0.25, 0.3) is 0 Å². The summed E-state index contributed by atoms with van der Waals surface area (Å²) in [4.78, 5) is 0. The lowest BCUT2D eigenvalue weighted by Crippen LogP contribution is -2.17. The molecule has 18 heavy (non-hydrogen) atoms. The standard InChI is InChI=1S/C13H24BrN3S/c1-4-11-13(14)12(17(2)16-11)10-15-8-6-5-7-9-18-3/h15H,4-10H2,1-3H3. The van der Waals surface area contributed by atoms with Crippen LogP contribution in [0.25, 0.3) is 0 Å². The summed E-state index contributed by atoms with van der Waals surface area (Å²) >= 11 is 5.57. The fraction of sp³-hybridized carbons (Fsp3) is 0.769. The summed E-state index contributed by atoms with van der Waals surface area (Å²) in [7, 11) is 2.01. The molecule has 1 aromatic heterocycles. The van der Waals surface area contributed by atoms with Crippen LogP contribution in [0.5, 0.6) is 0 Å². The molecule has 104 valence electrons. The van der Waals surface area contributed by atoms with Crippen LogP contribution >= 0.6 is 27.7 Å². The van der Waals surface area contributed by atoms with Crippen LogP contribution in [0.2, 0.25) is 0 Å². The number of nitrogens with one attached hydrogen (secondary N) is 1. The molecule has 0 unspecified atom stereocenters. The number of rotatable bonds is 9. The number of hydrogen-bond acceptors (Lipinski definition) is 3. The molecule has 0 saturated heterocycles. The van der Waals surface area contributed by atoms with Gasteiger partial charge in [0, 0.05) is 13.6 Å². The van der Waals surface area contributed by atoms with Crippen molar-refractivity contribution in [3.63, 3.8) is 0 Å².